The molecule has 5 heteroatoms. The van der Waals surface area contributed by atoms with Crippen LogP contribution >= 0.6 is 0 Å². The fraction of sp³-hybridized carbons (Fsp3) is 0.769. The van der Waals surface area contributed by atoms with Gasteiger partial charge in [0.2, 0.25) is 5.91 Å². The summed E-state index contributed by atoms with van der Waals surface area (Å²) in [5.74, 6) is 2.86. The molecule has 2 saturated heterocycles. The second-order valence-corrected chi connectivity index (χ2v) is 4.79. The molecule has 0 spiro atoms. The molecular formula is C13H21N3O2. The predicted molar refractivity (Wildman–Crippen MR) is 69.1 cm³/mol. The second kappa shape index (κ2) is 6.74. The van der Waals surface area contributed by atoms with Crippen molar-refractivity contribution in [2.24, 2.45) is 0 Å². The van der Waals surface area contributed by atoms with Gasteiger partial charge in [0.15, 0.2) is 0 Å². The highest BCUT2D eigenvalue weighted by Gasteiger charge is 2.24. The molecule has 0 aromatic rings. The Morgan fingerprint density at radius 3 is 2.78 bits per heavy atom. The van der Waals surface area contributed by atoms with E-state index in [1.54, 1.807) is 0 Å². The van der Waals surface area contributed by atoms with Gasteiger partial charge in [-0.1, -0.05) is 5.92 Å². The van der Waals surface area contributed by atoms with Gasteiger partial charge >= 0.3 is 0 Å². The van der Waals surface area contributed by atoms with Crippen molar-refractivity contribution in [3.8, 4) is 12.3 Å². The fourth-order valence-corrected chi connectivity index (χ4v) is 2.38. The van der Waals surface area contributed by atoms with Crippen LogP contribution in [0.5, 0.6) is 0 Å². The molecule has 1 atom stereocenters. The minimum atomic E-state index is 0.176. The summed E-state index contributed by atoms with van der Waals surface area (Å²) >= 11 is 0. The SMILES string of the molecule is C#CCN1CCN(C(=O)CC2COCCN2)CC1. The third-order valence-corrected chi connectivity index (χ3v) is 3.46. The summed E-state index contributed by atoms with van der Waals surface area (Å²) in [6.07, 6.45) is 5.82. The van der Waals surface area contributed by atoms with E-state index >= 15 is 0 Å². The maximum Gasteiger partial charge on any atom is 0.224 e. The van der Waals surface area contributed by atoms with E-state index in [2.05, 4.69) is 16.1 Å². The predicted octanol–water partition coefficient (Wildman–Crippen LogP) is -0.858. The molecule has 0 bridgehead atoms. The monoisotopic (exact) mass is 251 g/mol. The molecule has 0 saturated carbocycles. The molecule has 2 aliphatic heterocycles. The van der Waals surface area contributed by atoms with E-state index in [1.807, 2.05) is 4.90 Å². The van der Waals surface area contributed by atoms with Crippen molar-refractivity contribution in [2.45, 2.75) is 12.5 Å². The highest BCUT2D eigenvalue weighted by atomic mass is 16.5. The number of nitrogens with one attached hydrogen (secondary N) is 1. The standard InChI is InChI=1S/C13H21N3O2/c1-2-4-15-5-7-16(8-6-15)13(17)10-12-11-18-9-3-14-12/h1,12,14H,3-11H2. The highest BCUT2D eigenvalue weighted by Crippen LogP contribution is 2.06. The zero-order chi connectivity index (χ0) is 12.8. The summed E-state index contributed by atoms with van der Waals surface area (Å²) in [5, 5.41) is 3.31. The van der Waals surface area contributed by atoms with Gasteiger partial charge in [0, 0.05) is 45.2 Å². The molecular weight excluding hydrogens is 230 g/mol. The molecule has 18 heavy (non-hydrogen) atoms. The van der Waals surface area contributed by atoms with Gasteiger partial charge < -0.3 is 15.0 Å². The fourth-order valence-electron chi connectivity index (χ4n) is 2.38. The summed E-state index contributed by atoms with van der Waals surface area (Å²) in [6, 6.07) is 0.176. The topological polar surface area (TPSA) is 44.8 Å². The van der Waals surface area contributed by atoms with Gasteiger partial charge in [0.25, 0.3) is 0 Å². The summed E-state index contributed by atoms with van der Waals surface area (Å²) < 4.78 is 5.36. The van der Waals surface area contributed by atoms with E-state index in [9.17, 15) is 4.79 Å². The summed E-state index contributed by atoms with van der Waals surface area (Å²) in [4.78, 5) is 16.2. The van der Waals surface area contributed by atoms with E-state index in [4.69, 9.17) is 11.2 Å². The summed E-state index contributed by atoms with van der Waals surface area (Å²) in [7, 11) is 0. The van der Waals surface area contributed by atoms with Gasteiger partial charge in [0.1, 0.15) is 0 Å². The average molecular weight is 251 g/mol. The highest BCUT2D eigenvalue weighted by molar-refractivity contribution is 5.77. The lowest BCUT2D eigenvalue weighted by Crippen LogP contribution is -2.51. The number of amides is 1. The van der Waals surface area contributed by atoms with Crippen LogP contribution in [-0.2, 0) is 9.53 Å². The molecule has 2 heterocycles. The molecule has 2 aliphatic rings. The zero-order valence-corrected chi connectivity index (χ0v) is 10.7. The molecule has 0 aliphatic carbocycles. The van der Waals surface area contributed by atoms with Crippen molar-refractivity contribution in [1.82, 2.24) is 15.1 Å². The van der Waals surface area contributed by atoms with E-state index < -0.39 is 0 Å². The molecule has 1 N–H and O–H groups in total. The number of hydrogen-bond donors (Lipinski definition) is 1. The minimum Gasteiger partial charge on any atom is -0.378 e. The summed E-state index contributed by atoms with van der Waals surface area (Å²) in [6.45, 7) is 6.24. The molecule has 2 fully saturated rings. The van der Waals surface area contributed by atoms with Crippen LogP contribution in [0.25, 0.3) is 0 Å². The number of ether oxygens (including phenoxy) is 1. The summed E-state index contributed by atoms with van der Waals surface area (Å²) in [5.41, 5.74) is 0. The molecule has 0 radical (unpaired) electrons. The van der Waals surface area contributed by atoms with Crippen molar-refractivity contribution in [3.63, 3.8) is 0 Å². The second-order valence-electron chi connectivity index (χ2n) is 4.79. The number of rotatable bonds is 3. The van der Waals surface area contributed by atoms with Crippen LogP contribution in [0.1, 0.15) is 6.42 Å². The van der Waals surface area contributed by atoms with Gasteiger partial charge in [-0.2, -0.15) is 0 Å². The van der Waals surface area contributed by atoms with Crippen molar-refractivity contribution in [1.29, 1.82) is 0 Å². The Labute approximate surface area is 108 Å². The molecule has 0 aromatic heterocycles. The van der Waals surface area contributed by atoms with Crippen molar-refractivity contribution >= 4 is 5.91 Å². The van der Waals surface area contributed by atoms with E-state index in [0.29, 0.717) is 19.6 Å². The Balaban J connectivity index is 1.72. The molecule has 1 amide bonds. The van der Waals surface area contributed by atoms with Crippen molar-refractivity contribution in [2.75, 3.05) is 52.5 Å². The van der Waals surface area contributed by atoms with Gasteiger partial charge in [-0.05, 0) is 0 Å². The van der Waals surface area contributed by atoms with Gasteiger partial charge in [-0.3, -0.25) is 9.69 Å². The minimum absolute atomic E-state index is 0.176. The smallest absolute Gasteiger partial charge is 0.224 e. The third kappa shape index (κ3) is 3.70. The molecule has 100 valence electrons. The first-order chi connectivity index (χ1) is 8.79. The number of carbonyl (C=O) groups excluding carboxylic acids is 1. The number of hydrogen-bond acceptors (Lipinski definition) is 4. The van der Waals surface area contributed by atoms with Gasteiger partial charge in [-0.15, -0.1) is 6.42 Å². The Morgan fingerprint density at radius 2 is 2.17 bits per heavy atom. The Hall–Kier alpha value is -1.09. The van der Waals surface area contributed by atoms with Crippen LogP contribution in [0.15, 0.2) is 0 Å². The maximum absolute atomic E-state index is 12.1. The van der Waals surface area contributed by atoms with E-state index in [-0.39, 0.29) is 11.9 Å². The van der Waals surface area contributed by atoms with Crippen molar-refractivity contribution in [3.05, 3.63) is 0 Å². The lowest BCUT2D eigenvalue weighted by Gasteiger charge is -2.35. The zero-order valence-electron chi connectivity index (χ0n) is 10.7. The van der Waals surface area contributed by atoms with E-state index in [0.717, 1.165) is 39.3 Å². The van der Waals surface area contributed by atoms with Crippen LogP contribution in [0.3, 0.4) is 0 Å². The first-order valence-corrected chi connectivity index (χ1v) is 6.54. The van der Waals surface area contributed by atoms with Crippen LogP contribution in [0.4, 0.5) is 0 Å². The number of carbonyl (C=O) groups is 1. The lowest BCUT2D eigenvalue weighted by atomic mass is 10.1. The maximum atomic E-state index is 12.1. The normalized spacial score (nSPS) is 25.7. The first kappa shape index (κ1) is 13.3. The quantitative estimate of drug-likeness (QED) is 0.663. The lowest BCUT2D eigenvalue weighted by molar-refractivity contribution is -0.134. The van der Waals surface area contributed by atoms with Gasteiger partial charge in [-0.25, -0.2) is 0 Å². The Morgan fingerprint density at radius 1 is 1.39 bits per heavy atom. The number of nitrogens with zero attached hydrogens (tertiary/aromatic N) is 2. The van der Waals surface area contributed by atoms with Gasteiger partial charge in [0.05, 0.1) is 19.8 Å². The largest absolute Gasteiger partial charge is 0.378 e. The Kier molecular flexibility index (Phi) is 5.00. The molecule has 1 unspecified atom stereocenters. The van der Waals surface area contributed by atoms with Crippen LogP contribution in [-0.4, -0.2) is 74.2 Å². The number of piperazine rings is 1. The number of terminal acetylenes is 1. The Bertz CT molecular complexity index is 313. The molecule has 5 nitrogen and oxygen atoms in total. The molecule has 0 aromatic carbocycles. The number of morpholine rings is 1. The van der Waals surface area contributed by atoms with Crippen LogP contribution in [0.2, 0.25) is 0 Å². The van der Waals surface area contributed by atoms with Crippen LogP contribution < -0.4 is 5.32 Å². The van der Waals surface area contributed by atoms with Crippen molar-refractivity contribution < 1.29 is 9.53 Å². The van der Waals surface area contributed by atoms with E-state index in [1.165, 1.54) is 0 Å². The third-order valence-electron chi connectivity index (χ3n) is 3.46. The average Bonchev–Trinajstić information content (AvgIpc) is 2.41. The van der Waals surface area contributed by atoms with Crippen LogP contribution in [0, 0.1) is 12.3 Å². The molecule has 2 rings (SSSR count). The first-order valence-electron chi connectivity index (χ1n) is 6.54.